The zero-order chi connectivity index (χ0) is 16.3. The van der Waals surface area contributed by atoms with Gasteiger partial charge < -0.3 is 10.2 Å². The van der Waals surface area contributed by atoms with Crippen LogP contribution in [0.25, 0.3) is 0 Å². The first-order valence-corrected chi connectivity index (χ1v) is 9.44. The third-order valence-electron chi connectivity index (χ3n) is 9.34. The van der Waals surface area contributed by atoms with Gasteiger partial charge in [-0.15, -0.1) is 0 Å². The summed E-state index contributed by atoms with van der Waals surface area (Å²) in [6.45, 7) is 13.9. The van der Waals surface area contributed by atoms with Gasteiger partial charge in [0.05, 0.1) is 0 Å². The summed E-state index contributed by atoms with van der Waals surface area (Å²) in [5.41, 5.74) is 0.180. The Morgan fingerprint density at radius 3 is 2.00 bits per heavy atom. The van der Waals surface area contributed by atoms with Gasteiger partial charge in [-0.05, 0) is 59.7 Å². The van der Waals surface area contributed by atoms with Gasteiger partial charge in [0.15, 0.2) is 5.79 Å². The third-order valence-corrected chi connectivity index (χ3v) is 9.34. The van der Waals surface area contributed by atoms with Crippen LogP contribution in [0.5, 0.6) is 0 Å². The lowest BCUT2D eigenvalue weighted by Crippen LogP contribution is -2.56. The summed E-state index contributed by atoms with van der Waals surface area (Å²) >= 11 is 0. The maximum Gasteiger partial charge on any atom is 0.172 e. The molecule has 0 bridgehead atoms. The Morgan fingerprint density at radius 1 is 0.773 bits per heavy atom. The van der Waals surface area contributed by atoms with Gasteiger partial charge in [0.2, 0.25) is 0 Å². The van der Waals surface area contributed by atoms with Crippen LogP contribution in [0.3, 0.4) is 0 Å². The van der Waals surface area contributed by atoms with Crippen molar-refractivity contribution in [2.24, 2.45) is 45.3 Å². The maximum absolute atomic E-state index is 11.4. The van der Waals surface area contributed by atoms with Crippen LogP contribution < -0.4 is 0 Å². The first-order chi connectivity index (χ1) is 9.99. The molecule has 0 aromatic carbocycles. The summed E-state index contributed by atoms with van der Waals surface area (Å²) in [4.78, 5) is 0. The van der Waals surface area contributed by atoms with E-state index >= 15 is 0 Å². The third kappa shape index (κ3) is 1.21. The summed E-state index contributed by atoms with van der Waals surface area (Å²) < 4.78 is 0. The van der Waals surface area contributed by atoms with Crippen LogP contribution in [0.15, 0.2) is 0 Å². The fourth-order valence-electron chi connectivity index (χ4n) is 8.42. The second-order valence-corrected chi connectivity index (χ2v) is 10.4. The van der Waals surface area contributed by atoms with E-state index in [0.717, 1.165) is 12.3 Å². The summed E-state index contributed by atoms with van der Waals surface area (Å²) in [5, 5.41) is 22.7. The minimum Gasteiger partial charge on any atom is -0.365 e. The normalized spacial score (nSPS) is 56.7. The van der Waals surface area contributed by atoms with Crippen molar-refractivity contribution >= 4 is 0 Å². The lowest BCUT2D eigenvalue weighted by molar-refractivity contribution is -0.288. The Bertz CT molecular complexity index is 520. The minimum atomic E-state index is -1.50. The molecular formula is C20H34O2. The molecule has 4 aliphatic carbocycles. The second kappa shape index (κ2) is 3.77. The predicted molar refractivity (Wildman–Crippen MR) is 88.0 cm³/mol. The molecule has 0 aromatic heterocycles. The standard InChI is InChI=1S/C20H34O2/c1-12-7-9-14-16(3,4)18(14,11-12)19-15(17(19,5)6)10-8-13(2)20(19,21)22/h12-15,21-22H,7-11H2,1-6H3. The molecule has 0 radical (unpaired) electrons. The Hall–Kier alpha value is -0.0800. The average molecular weight is 306 g/mol. The molecule has 0 spiro atoms. The molecule has 4 rings (SSSR count). The van der Waals surface area contributed by atoms with Crippen LogP contribution in [0.1, 0.15) is 73.6 Å². The van der Waals surface area contributed by atoms with E-state index in [-0.39, 0.29) is 27.6 Å². The van der Waals surface area contributed by atoms with Gasteiger partial charge >= 0.3 is 0 Å². The quantitative estimate of drug-likeness (QED) is 0.713. The van der Waals surface area contributed by atoms with Crippen LogP contribution >= 0.6 is 0 Å². The lowest BCUT2D eigenvalue weighted by atomic mass is 9.59. The van der Waals surface area contributed by atoms with Crippen molar-refractivity contribution in [3.05, 3.63) is 0 Å². The molecule has 4 fully saturated rings. The number of hydrogen-bond acceptors (Lipinski definition) is 2. The average Bonchev–Trinajstić information content (AvgIpc) is 3.11. The van der Waals surface area contributed by atoms with E-state index in [1.165, 1.54) is 25.7 Å². The fraction of sp³-hybridized carbons (Fsp3) is 1.00. The molecule has 6 unspecified atom stereocenters. The smallest absolute Gasteiger partial charge is 0.172 e. The number of rotatable bonds is 1. The van der Waals surface area contributed by atoms with Crippen molar-refractivity contribution in [3.8, 4) is 0 Å². The van der Waals surface area contributed by atoms with Gasteiger partial charge in [-0.1, -0.05) is 48.0 Å². The van der Waals surface area contributed by atoms with E-state index in [9.17, 15) is 10.2 Å². The highest BCUT2D eigenvalue weighted by Crippen LogP contribution is 2.96. The first kappa shape index (κ1) is 15.4. The van der Waals surface area contributed by atoms with Gasteiger partial charge in [-0.2, -0.15) is 0 Å². The largest absolute Gasteiger partial charge is 0.365 e. The molecule has 0 aliphatic heterocycles. The molecule has 2 heteroatoms. The van der Waals surface area contributed by atoms with E-state index in [2.05, 4.69) is 41.5 Å². The SMILES string of the molecule is CC1CCC2C(C)(C)C2(C23C(CCC(C)C2(O)O)C3(C)C)C1. The molecule has 0 saturated heterocycles. The maximum atomic E-state index is 11.4. The number of aliphatic hydroxyl groups is 2. The molecule has 4 saturated carbocycles. The van der Waals surface area contributed by atoms with Crippen molar-refractivity contribution in [2.75, 3.05) is 0 Å². The van der Waals surface area contributed by atoms with E-state index in [1.54, 1.807) is 0 Å². The van der Waals surface area contributed by atoms with Gasteiger partial charge in [0, 0.05) is 11.3 Å². The molecule has 6 atom stereocenters. The van der Waals surface area contributed by atoms with Gasteiger partial charge in [-0.25, -0.2) is 0 Å². The van der Waals surface area contributed by atoms with Gasteiger partial charge in [0.1, 0.15) is 0 Å². The first-order valence-electron chi connectivity index (χ1n) is 9.44. The molecule has 2 nitrogen and oxygen atoms in total. The minimum absolute atomic E-state index is 0.00539. The van der Waals surface area contributed by atoms with Crippen LogP contribution in [0.2, 0.25) is 0 Å². The molecule has 0 aromatic rings. The van der Waals surface area contributed by atoms with Crippen molar-refractivity contribution in [1.82, 2.24) is 0 Å². The zero-order valence-electron chi connectivity index (χ0n) is 15.2. The Morgan fingerprint density at radius 2 is 1.36 bits per heavy atom. The van der Waals surface area contributed by atoms with Crippen LogP contribution in [-0.4, -0.2) is 16.0 Å². The Kier molecular flexibility index (Phi) is 2.65. The molecule has 0 amide bonds. The Balaban J connectivity index is 1.90. The number of hydrogen-bond donors (Lipinski definition) is 2. The number of fused-ring (bicyclic) bond motifs is 3. The van der Waals surface area contributed by atoms with Gasteiger partial charge in [0.25, 0.3) is 0 Å². The van der Waals surface area contributed by atoms with Gasteiger partial charge in [-0.3, -0.25) is 0 Å². The van der Waals surface area contributed by atoms with E-state index in [1.807, 2.05) is 0 Å². The van der Waals surface area contributed by atoms with E-state index in [4.69, 9.17) is 0 Å². The summed E-state index contributed by atoms with van der Waals surface area (Å²) in [6.07, 6.45) is 5.93. The summed E-state index contributed by atoms with van der Waals surface area (Å²) in [7, 11) is 0. The zero-order valence-corrected chi connectivity index (χ0v) is 15.2. The van der Waals surface area contributed by atoms with E-state index < -0.39 is 5.79 Å². The summed E-state index contributed by atoms with van der Waals surface area (Å²) in [5.74, 6) is 0.388. The molecular weight excluding hydrogens is 272 g/mol. The summed E-state index contributed by atoms with van der Waals surface area (Å²) in [6, 6.07) is 0. The van der Waals surface area contributed by atoms with Crippen LogP contribution in [0, 0.1) is 45.3 Å². The monoisotopic (exact) mass is 306 g/mol. The lowest BCUT2D eigenvalue weighted by Gasteiger charge is -2.50. The van der Waals surface area contributed by atoms with E-state index in [0.29, 0.717) is 11.8 Å². The van der Waals surface area contributed by atoms with Crippen molar-refractivity contribution in [1.29, 1.82) is 0 Å². The second-order valence-electron chi connectivity index (χ2n) is 10.4. The highest BCUT2D eigenvalue weighted by molar-refractivity contribution is 5.40. The van der Waals surface area contributed by atoms with Crippen LogP contribution in [-0.2, 0) is 0 Å². The van der Waals surface area contributed by atoms with Crippen molar-refractivity contribution in [3.63, 3.8) is 0 Å². The molecule has 0 heterocycles. The van der Waals surface area contributed by atoms with Crippen molar-refractivity contribution < 1.29 is 10.2 Å². The molecule has 22 heavy (non-hydrogen) atoms. The Labute approximate surface area is 135 Å². The van der Waals surface area contributed by atoms with Crippen molar-refractivity contribution in [2.45, 2.75) is 79.4 Å². The highest BCUT2D eigenvalue weighted by Gasteiger charge is 2.95. The molecule has 2 N–H and O–H groups in total. The highest BCUT2D eigenvalue weighted by atomic mass is 16.5. The fourth-order valence-corrected chi connectivity index (χ4v) is 8.42. The molecule has 4 aliphatic rings. The topological polar surface area (TPSA) is 40.5 Å². The molecule has 126 valence electrons. The van der Waals surface area contributed by atoms with Crippen LogP contribution in [0.4, 0.5) is 0 Å². The predicted octanol–water partition coefficient (Wildman–Crippen LogP) is 4.20.